The van der Waals surface area contributed by atoms with E-state index < -0.39 is 10.0 Å². The van der Waals surface area contributed by atoms with Crippen molar-refractivity contribution in [3.63, 3.8) is 0 Å². The van der Waals surface area contributed by atoms with E-state index in [2.05, 4.69) is 0 Å². The molecule has 0 aliphatic carbocycles. The van der Waals surface area contributed by atoms with E-state index in [9.17, 15) is 13.5 Å². The minimum absolute atomic E-state index is 0.0230. The molecule has 0 saturated carbocycles. The number of sulfonamides is 1. The number of aliphatic hydroxyl groups excluding tert-OH is 1. The Morgan fingerprint density at radius 3 is 2.56 bits per heavy atom. The summed E-state index contributed by atoms with van der Waals surface area (Å²) in [5.74, 6) is 0.756. The summed E-state index contributed by atoms with van der Waals surface area (Å²) in [7, 11) is -2.29. The lowest BCUT2D eigenvalue weighted by Gasteiger charge is -2.23. The summed E-state index contributed by atoms with van der Waals surface area (Å²) in [6.07, 6.45) is 0. The van der Waals surface area contributed by atoms with Crippen LogP contribution in [0, 0.1) is 0 Å². The van der Waals surface area contributed by atoms with Crippen molar-refractivity contribution >= 4 is 21.6 Å². The van der Waals surface area contributed by atoms with Gasteiger partial charge < -0.3 is 9.84 Å². The lowest BCUT2D eigenvalue weighted by atomic mass is 10.1. The van der Waals surface area contributed by atoms with Crippen LogP contribution in [0.5, 0.6) is 5.75 Å². The number of benzene rings is 2. The zero-order valence-corrected chi connectivity index (χ0v) is 15.4. The van der Waals surface area contributed by atoms with Crippen LogP contribution in [0.15, 0.2) is 47.4 Å². The van der Waals surface area contributed by atoms with Crippen LogP contribution in [0.1, 0.15) is 11.1 Å². The molecule has 6 nitrogen and oxygen atoms in total. The maximum atomic E-state index is 11.6. The molecular formula is C17H21ClN2O4S. The van der Waals surface area contributed by atoms with Gasteiger partial charge in [0.15, 0.2) is 0 Å². The second-order valence-electron chi connectivity index (χ2n) is 5.56. The van der Waals surface area contributed by atoms with Gasteiger partial charge in [-0.25, -0.2) is 13.6 Å². The number of hydrogen-bond acceptors (Lipinski definition) is 5. The summed E-state index contributed by atoms with van der Waals surface area (Å²) >= 11 is 5.92. The average Bonchev–Trinajstić information content (AvgIpc) is 2.56. The van der Waals surface area contributed by atoms with Gasteiger partial charge >= 0.3 is 0 Å². The van der Waals surface area contributed by atoms with E-state index in [1.807, 2.05) is 29.2 Å². The van der Waals surface area contributed by atoms with Gasteiger partial charge in [0.25, 0.3) is 0 Å². The van der Waals surface area contributed by atoms with Crippen LogP contribution >= 0.6 is 11.6 Å². The summed E-state index contributed by atoms with van der Waals surface area (Å²) in [6, 6.07) is 12.3. The second-order valence-corrected chi connectivity index (χ2v) is 7.49. The molecule has 136 valence electrons. The maximum Gasteiger partial charge on any atom is 0.239 e. The van der Waals surface area contributed by atoms with Crippen LogP contribution in [-0.2, 0) is 23.1 Å². The number of primary sulfonamides is 1. The molecule has 0 spiro atoms. The van der Waals surface area contributed by atoms with E-state index in [4.69, 9.17) is 21.5 Å². The van der Waals surface area contributed by atoms with Crippen molar-refractivity contribution in [3.8, 4) is 5.75 Å². The standard InChI is InChI=1S/C17H21ClN2O4S/c1-24-16-5-3-2-4-14(16)12-20(8-9-21)11-13-6-7-15(18)17(10-13)25(19,22)23/h2-7,10,21H,8-9,11-12H2,1H3,(H2,19,22,23). The number of para-hydroxylation sites is 1. The SMILES string of the molecule is COc1ccccc1CN(CCO)Cc1ccc(Cl)c(S(N)(=O)=O)c1. The first-order valence-electron chi connectivity index (χ1n) is 7.61. The van der Waals surface area contributed by atoms with Gasteiger partial charge in [0.1, 0.15) is 10.6 Å². The Bertz CT molecular complexity index is 827. The molecule has 0 unspecified atom stereocenters. The quantitative estimate of drug-likeness (QED) is 0.726. The number of hydrogen-bond donors (Lipinski definition) is 2. The van der Waals surface area contributed by atoms with Crippen molar-refractivity contribution in [2.45, 2.75) is 18.0 Å². The Balaban J connectivity index is 2.25. The third-order valence-corrected chi connectivity index (χ3v) is 5.10. The molecule has 2 aromatic rings. The summed E-state index contributed by atoms with van der Waals surface area (Å²) in [4.78, 5) is 1.88. The molecular weight excluding hydrogens is 364 g/mol. The number of nitrogens with two attached hydrogens (primary N) is 1. The Labute approximate surface area is 152 Å². The number of halogens is 1. The van der Waals surface area contributed by atoms with Gasteiger partial charge in [-0.1, -0.05) is 35.9 Å². The van der Waals surface area contributed by atoms with Crippen LogP contribution in [0.25, 0.3) is 0 Å². The molecule has 0 bridgehead atoms. The highest BCUT2D eigenvalue weighted by molar-refractivity contribution is 7.89. The molecule has 0 amide bonds. The highest BCUT2D eigenvalue weighted by Crippen LogP contribution is 2.24. The summed E-state index contributed by atoms with van der Waals surface area (Å²) in [5, 5.41) is 14.6. The normalized spacial score (nSPS) is 11.7. The predicted molar refractivity (Wildman–Crippen MR) is 97.0 cm³/mol. The van der Waals surface area contributed by atoms with Gasteiger partial charge in [-0.2, -0.15) is 0 Å². The molecule has 2 rings (SSSR count). The lowest BCUT2D eigenvalue weighted by molar-refractivity contribution is 0.183. The van der Waals surface area contributed by atoms with Crippen molar-refractivity contribution in [1.29, 1.82) is 0 Å². The molecule has 2 aromatic carbocycles. The van der Waals surface area contributed by atoms with E-state index >= 15 is 0 Å². The zero-order valence-electron chi connectivity index (χ0n) is 13.9. The monoisotopic (exact) mass is 384 g/mol. The summed E-state index contributed by atoms with van der Waals surface area (Å²) in [5.41, 5.74) is 1.70. The van der Waals surface area contributed by atoms with Gasteiger partial charge in [0, 0.05) is 25.2 Å². The summed E-state index contributed by atoms with van der Waals surface area (Å²) < 4.78 is 28.6. The molecule has 0 fully saturated rings. The summed E-state index contributed by atoms with van der Waals surface area (Å²) in [6.45, 7) is 1.37. The Kier molecular flexibility index (Phi) is 6.80. The second kappa shape index (κ2) is 8.64. The van der Waals surface area contributed by atoms with Gasteiger partial charge in [-0.05, 0) is 23.8 Å². The van der Waals surface area contributed by atoms with Crippen molar-refractivity contribution in [2.75, 3.05) is 20.3 Å². The third-order valence-electron chi connectivity index (χ3n) is 3.71. The average molecular weight is 385 g/mol. The van der Waals surface area contributed by atoms with Crippen molar-refractivity contribution < 1.29 is 18.3 Å². The number of aliphatic hydroxyl groups is 1. The van der Waals surface area contributed by atoms with Crippen LogP contribution in [0.4, 0.5) is 0 Å². The van der Waals surface area contributed by atoms with E-state index in [0.29, 0.717) is 19.6 Å². The Morgan fingerprint density at radius 2 is 1.92 bits per heavy atom. The van der Waals surface area contributed by atoms with Crippen LogP contribution < -0.4 is 9.88 Å². The van der Waals surface area contributed by atoms with Gasteiger partial charge in [-0.15, -0.1) is 0 Å². The topological polar surface area (TPSA) is 92.9 Å². The van der Waals surface area contributed by atoms with E-state index in [1.165, 1.54) is 12.1 Å². The van der Waals surface area contributed by atoms with Gasteiger partial charge in [-0.3, -0.25) is 4.90 Å². The lowest BCUT2D eigenvalue weighted by Crippen LogP contribution is -2.26. The third kappa shape index (κ3) is 5.42. The highest BCUT2D eigenvalue weighted by atomic mass is 35.5. The molecule has 0 aliphatic rings. The predicted octanol–water partition coefficient (Wildman–Crippen LogP) is 1.99. The molecule has 0 aliphatic heterocycles. The van der Waals surface area contributed by atoms with E-state index in [-0.39, 0.29) is 16.5 Å². The number of nitrogens with zero attached hydrogens (tertiary/aromatic N) is 1. The highest BCUT2D eigenvalue weighted by Gasteiger charge is 2.15. The smallest absolute Gasteiger partial charge is 0.239 e. The first-order chi connectivity index (χ1) is 11.8. The minimum Gasteiger partial charge on any atom is -0.496 e. The molecule has 25 heavy (non-hydrogen) atoms. The van der Waals surface area contributed by atoms with Crippen molar-refractivity contribution in [2.24, 2.45) is 5.14 Å². The first kappa shape index (κ1) is 19.7. The Morgan fingerprint density at radius 1 is 1.20 bits per heavy atom. The largest absolute Gasteiger partial charge is 0.496 e. The fourth-order valence-corrected chi connectivity index (χ4v) is 3.65. The van der Waals surface area contributed by atoms with Crippen LogP contribution in [0.3, 0.4) is 0 Å². The molecule has 8 heteroatoms. The number of methoxy groups -OCH3 is 1. The van der Waals surface area contributed by atoms with E-state index in [1.54, 1.807) is 13.2 Å². The van der Waals surface area contributed by atoms with E-state index in [0.717, 1.165) is 16.9 Å². The molecule has 0 aromatic heterocycles. The number of ether oxygens (including phenoxy) is 1. The fraction of sp³-hybridized carbons (Fsp3) is 0.294. The van der Waals surface area contributed by atoms with Crippen LogP contribution in [-0.4, -0.2) is 38.7 Å². The minimum atomic E-state index is -3.89. The van der Waals surface area contributed by atoms with Crippen molar-refractivity contribution in [3.05, 3.63) is 58.6 Å². The van der Waals surface area contributed by atoms with Gasteiger partial charge in [0.05, 0.1) is 18.7 Å². The first-order valence-corrected chi connectivity index (χ1v) is 9.54. The number of rotatable bonds is 8. The molecule has 0 saturated heterocycles. The molecule has 0 heterocycles. The molecule has 0 radical (unpaired) electrons. The van der Waals surface area contributed by atoms with Crippen LogP contribution in [0.2, 0.25) is 5.02 Å². The zero-order chi connectivity index (χ0) is 18.4. The molecule has 3 N–H and O–H groups in total. The van der Waals surface area contributed by atoms with Crippen molar-refractivity contribution in [1.82, 2.24) is 4.90 Å². The maximum absolute atomic E-state index is 11.6. The van der Waals surface area contributed by atoms with Gasteiger partial charge in [0.2, 0.25) is 10.0 Å². The Hall–Kier alpha value is -1.64. The molecule has 0 atom stereocenters. The fourth-order valence-electron chi connectivity index (χ4n) is 2.55.